The highest BCUT2D eigenvalue weighted by molar-refractivity contribution is 6.32. The van der Waals surface area contributed by atoms with Gasteiger partial charge in [0.05, 0.1) is 21.6 Å². The fourth-order valence-electron chi connectivity index (χ4n) is 3.70. The number of halogens is 1. The summed E-state index contributed by atoms with van der Waals surface area (Å²) in [6, 6.07) is 8.32. The van der Waals surface area contributed by atoms with Gasteiger partial charge in [-0.2, -0.15) is 0 Å². The Morgan fingerprint density at radius 2 is 1.83 bits per heavy atom. The van der Waals surface area contributed by atoms with Gasteiger partial charge in [0.15, 0.2) is 0 Å². The highest BCUT2D eigenvalue weighted by Crippen LogP contribution is 2.20. The molecule has 8 nitrogen and oxygen atoms in total. The average molecular weight is 416 g/mol. The summed E-state index contributed by atoms with van der Waals surface area (Å²) in [5, 5.41) is 3.74. The molecule has 9 heteroatoms. The lowest BCUT2D eigenvalue weighted by Gasteiger charge is -2.32. The van der Waals surface area contributed by atoms with Crippen LogP contribution in [0.3, 0.4) is 0 Å². The molecule has 0 saturated carbocycles. The zero-order valence-corrected chi connectivity index (χ0v) is 17.1. The SMILES string of the molecule is Cc1c2c(=O)n(-c3ccccc3Cl)[nH]c2cc(=O)n1CC(=O)N1CCN(C)CC1. The monoisotopic (exact) mass is 415 g/mol. The molecular weight excluding hydrogens is 394 g/mol. The Balaban J connectivity index is 1.74. The number of benzene rings is 1. The summed E-state index contributed by atoms with van der Waals surface area (Å²) in [4.78, 5) is 42.3. The lowest BCUT2D eigenvalue weighted by Crippen LogP contribution is -2.48. The molecule has 1 saturated heterocycles. The number of carbonyl (C=O) groups is 1. The fourth-order valence-corrected chi connectivity index (χ4v) is 3.92. The van der Waals surface area contributed by atoms with Crippen molar-refractivity contribution in [3.8, 4) is 5.69 Å². The average Bonchev–Trinajstić information content (AvgIpc) is 3.02. The maximum absolute atomic E-state index is 13.0. The Kier molecular flexibility index (Phi) is 5.06. The normalized spacial score (nSPS) is 15.2. The van der Waals surface area contributed by atoms with Gasteiger partial charge in [-0.15, -0.1) is 0 Å². The van der Waals surface area contributed by atoms with Crippen molar-refractivity contribution >= 4 is 28.4 Å². The fraction of sp³-hybridized carbons (Fsp3) is 0.350. The minimum absolute atomic E-state index is 0.0823. The zero-order valence-electron chi connectivity index (χ0n) is 16.3. The third kappa shape index (κ3) is 3.49. The Hall–Kier alpha value is -2.84. The van der Waals surface area contributed by atoms with Gasteiger partial charge in [-0.3, -0.25) is 19.5 Å². The van der Waals surface area contributed by atoms with Crippen LogP contribution in [0.4, 0.5) is 0 Å². The predicted octanol–water partition coefficient (Wildman–Crippen LogP) is 1.22. The van der Waals surface area contributed by atoms with Crippen LogP contribution >= 0.6 is 11.6 Å². The van der Waals surface area contributed by atoms with E-state index >= 15 is 0 Å². The van der Waals surface area contributed by atoms with Gasteiger partial charge >= 0.3 is 0 Å². The molecule has 2 aromatic heterocycles. The van der Waals surface area contributed by atoms with E-state index in [0.29, 0.717) is 40.4 Å². The Morgan fingerprint density at radius 1 is 1.14 bits per heavy atom. The summed E-state index contributed by atoms with van der Waals surface area (Å²) >= 11 is 6.23. The maximum Gasteiger partial charge on any atom is 0.280 e. The molecule has 3 heterocycles. The van der Waals surface area contributed by atoms with Crippen LogP contribution in [0, 0.1) is 6.92 Å². The minimum atomic E-state index is -0.329. The van der Waals surface area contributed by atoms with E-state index in [1.807, 2.05) is 7.05 Å². The Bertz CT molecular complexity index is 1200. The van der Waals surface area contributed by atoms with Gasteiger partial charge in [0.1, 0.15) is 6.54 Å². The van der Waals surface area contributed by atoms with Crippen LogP contribution in [0.25, 0.3) is 16.6 Å². The number of carbonyl (C=O) groups excluding carboxylic acids is 1. The molecule has 1 aromatic carbocycles. The number of amides is 1. The largest absolute Gasteiger partial charge is 0.339 e. The standard InChI is InChI=1S/C20H22ClN5O3/c1-13-19-15(22-26(20(19)29)16-6-4-3-5-14(16)21)11-17(27)25(13)12-18(28)24-9-7-23(2)8-10-24/h3-6,11,22H,7-10,12H2,1-2H3. The third-order valence-corrected chi connectivity index (χ3v) is 5.78. The molecule has 4 rings (SSSR count). The first-order valence-electron chi connectivity index (χ1n) is 9.43. The van der Waals surface area contributed by atoms with Crippen molar-refractivity contribution in [3.63, 3.8) is 0 Å². The number of hydrogen-bond donors (Lipinski definition) is 1. The number of H-pyrrole nitrogens is 1. The van der Waals surface area contributed by atoms with E-state index in [2.05, 4.69) is 10.00 Å². The van der Waals surface area contributed by atoms with Gasteiger partial charge in [-0.25, -0.2) is 4.68 Å². The highest BCUT2D eigenvalue weighted by atomic mass is 35.5. The number of aryl methyl sites for hydroxylation is 1. The molecule has 1 amide bonds. The van der Waals surface area contributed by atoms with Gasteiger partial charge < -0.3 is 14.4 Å². The summed E-state index contributed by atoms with van der Waals surface area (Å²) in [7, 11) is 2.01. The van der Waals surface area contributed by atoms with Crippen LogP contribution in [-0.2, 0) is 11.3 Å². The number of piperazine rings is 1. The topological polar surface area (TPSA) is 83.3 Å². The van der Waals surface area contributed by atoms with Crippen molar-refractivity contribution in [1.29, 1.82) is 0 Å². The van der Waals surface area contributed by atoms with Crippen molar-refractivity contribution in [1.82, 2.24) is 24.1 Å². The molecule has 152 valence electrons. The van der Waals surface area contributed by atoms with E-state index in [0.717, 1.165) is 13.1 Å². The number of para-hydroxylation sites is 1. The van der Waals surface area contributed by atoms with Crippen LogP contribution in [-0.4, -0.2) is 63.3 Å². The summed E-state index contributed by atoms with van der Waals surface area (Å²) in [5.41, 5.74) is 0.737. The number of pyridine rings is 1. The molecule has 0 radical (unpaired) electrons. The first-order chi connectivity index (χ1) is 13.9. The number of aromatic nitrogens is 3. The number of rotatable bonds is 3. The zero-order chi connectivity index (χ0) is 20.7. The molecule has 1 fully saturated rings. The van der Waals surface area contributed by atoms with E-state index < -0.39 is 0 Å². The lowest BCUT2D eigenvalue weighted by molar-refractivity contribution is -0.133. The van der Waals surface area contributed by atoms with E-state index in [1.54, 1.807) is 36.1 Å². The first-order valence-corrected chi connectivity index (χ1v) is 9.81. The summed E-state index contributed by atoms with van der Waals surface area (Å²) in [6.07, 6.45) is 0. The van der Waals surface area contributed by atoms with Crippen LogP contribution in [0.2, 0.25) is 5.02 Å². The molecule has 1 aliphatic rings. The molecule has 0 atom stereocenters. The molecule has 0 bridgehead atoms. The van der Waals surface area contributed by atoms with Gasteiger partial charge in [-0.05, 0) is 26.1 Å². The second kappa shape index (κ2) is 7.53. The van der Waals surface area contributed by atoms with Crippen LogP contribution in [0.5, 0.6) is 0 Å². The van der Waals surface area contributed by atoms with E-state index in [9.17, 15) is 14.4 Å². The number of fused-ring (bicyclic) bond motifs is 1. The van der Waals surface area contributed by atoms with Gasteiger partial charge in [0, 0.05) is 37.9 Å². The van der Waals surface area contributed by atoms with Crippen LogP contribution < -0.4 is 11.1 Å². The maximum atomic E-state index is 13.0. The summed E-state index contributed by atoms with van der Waals surface area (Å²) in [5.74, 6) is -0.121. The van der Waals surface area contributed by atoms with Crippen molar-refractivity contribution in [3.05, 3.63) is 61.8 Å². The molecule has 3 aromatic rings. The van der Waals surface area contributed by atoms with Crippen LogP contribution in [0.15, 0.2) is 39.9 Å². The molecule has 0 spiro atoms. The van der Waals surface area contributed by atoms with Crippen LogP contribution in [0.1, 0.15) is 5.69 Å². The molecule has 1 N–H and O–H groups in total. The summed E-state index contributed by atoms with van der Waals surface area (Å²) < 4.78 is 2.70. The van der Waals surface area contributed by atoms with Gasteiger partial charge in [0.2, 0.25) is 5.91 Å². The quantitative estimate of drug-likeness (QED) is 0.697. The Labute approximate surface area is 171 Å². The molecule has 29 heavy (non-hydrogen) atoms. The van der Waals surface area contributed by atoms with E-state index in [4.69, 9.17) is 11.6 Å². The van der Waals surface area contributed by atoms with Gasteiger partial charge in [0.25, 0.3) is 11.1 Å². The molecule has 0 aliphatic carbocycles. The number of nitrogens with zero attached hydrogens (tertiary/aromatic N) is 4. The van der Waals surface area contributed by atoms with Gasteiger partial charge in [-0.1, -0.05) is 23.7 Å². The number of likely N-dealkylation sites (N-methyl/N-ethyl adjacent to an activating group) is 1. The number of nitrogens with one attached hydrogen (secondary N) is 1. The minimum Gasteiger partial charge on any atom is -0.339 e. The highest BCUT2D eigenvalue weighted by Gasteiger charge is 2.22. The second-order valence-electron chi connectivity index (χ2n) is 7.33. The van der Waals surface area contributed by atoms with E-state index in [-0.39, 0.29) is 23.6 Å². The lowest BCUT2D eigenvalue weighted by atomic mass is 10.2. The predicted molar refractivity (Wildman–Crippen MR) is 112 cm³/mol. The molecular formula is C20H22ClN5O3. The third-order valence-electron chi connectivity index (χ3n) is 5.46. The number of hydrogen-bond acceptors (Lipinski definition) is 4. The van der Waals surface area contributed by atoms with Crippen molar-refractivity contribution in [2.75, 3.05) is 33.2 Å². The van der Waals surface area contributed by atoms with Crippen molar-refractivity contribution in [2.24, 2.45) is 0 Å². The second-order valence-corrected chi connectivity index (χ2v) is 7.74. The van der Waals surface area contributed by atoms with Crippen molar-refractivity contribution in [2.45, 2.75) is 13.5 Å². The van der Waals surface area contributed by atoms with E-state index in [1.165, 1.54) is 15.3 Å². The Morgan fingerprint density at radius 3 is 2.52 bits per heavy atom. The summed E-state index contributed by atoms with van der Waals surface area (Å²) in [6.45, 7) is 4.48. The molecule has 0 unspecified atom stereocenters. The smallest absolute Gasteiger partial charge is 0.280 e. The molecule has 1 aliphatic heterocycles. The van der Waals surface area contributed by atoms with Crippen molar-refractivity contribution < 1.29 is 4.79 Å². The number of aromatic amines is 1. The first kappa shape index (κ1) is 19.5.